The zero-order chi connectivity index (χ0) is 15.2. The van der Waals surface area contributed by atoms with Gasteiger partial charge in [0.25, 0.3) is 5.91 Å². The van der Waals surface area contributed by atoms with Crippen molar-refractivity contribution in [3.05, 3.63) is 18.2 Å². The van der Waals surface area contributed by atoms with Crippen molar-refractivity contribution >= 4 is 11.6 Å². The Kier molecular flexibility index (Phi) is 5.41. The number of anilines is 1. The van der Waals surface area contributed by atoms with Gasteiger partial charge in [0.1, 0.15) is 17.6 Å². The molecule has 0 aliphatic carbocycles. The second kappa shape index (κ2) is 7.28. The first kappa shape index (κ1) is 15.6. The Labute approximate surface area is 124 Å². The first-order chi connectivity index (χ1) is 10.2. The lowest BCUT2D eigenvalue weighted by Crippen LogP contribution is -2.30. The number of hydrogen-bond donors (Lipinski definition) is 2. The Hall–Kier alpha value is -1.79. The van der Waals surface area contributed by atoms with E-state index in [1.165, 1.54) is 0 Å². The molecular weight excluding hydrogens is 272 g/mol. The number of nitrogens with one attached hydrogen (secondary N) is 1. The Bertz CT molecular complexity index is 493. The molecule has 2 atom stereocenters. The summed E-state index contributed by atoms with van der Waals surface area (Å²) in [5.74, 6) is 1.08. The Morgan fingerprint density at radius 3 is 2.90 bits per heavy atom. The summed E-state index contributed by atoms with van der Waals surface area (Å²) in [6.07, 6.45) is 1.00. The number of hydrogen-bond acceptors (Lipinski definition) is 5. The number of nitrogens with two attached hydrogens (primary N) is 1. The largest absolute Gasteiger partial charge is 0.497 e. The van der Waals surface area contributed by atoms with Crippen molar-refractivity contribution < 1.29 is 19.0 Å². The maximum atomic E-state index is 12.3. The zero-order valence-corrected chi connectivity index (χ0v) is 12.4. The van der Waals surface area contributed by atoms with Crippen LogP contribution in [0.2, 0.25) is 0 Å². The van der Waals surface area contributed by atoms with Gasteiger partial charge in [0, 0.05) is 12.6 Å². The van der Waals surface area contributed by atoms with Gasteiger partial charge in [0.15, 0.2) is 0 Å². The summed E-state index contributed by atoms with van der Waals surface area (Å²) in [6.45, 7) is 2.85. The van der Waals surface area contributed by atoms with Crippen LogP contribution >= 0.6 is 0 Å². The predicted octanol–water partition coefficient (Wildman–Crippen LogP) is 1.54. The molecule has 0 unspecified atom stereocenters. The second-order valence-electron chi connectivity index (χ2n) is 4.84. The SMILES string of the molecule is CCOc1ccc(OC)cc1NC(=O)[C@@H]1CC[C@H](CN)O1. The van der Waals surface area contributed by atoms with Crippen LogP contribution in [0, 0.1) is 0 Å². The highest BCUT2D eigenvalue weighted by Gasteiger charge is 2.30. The lowest BCUT2D eigenvalue weighted by Gasteiger charge is -2.16. The molecule has 0 aromatic heterocycles. The minimum absolute atomic E-state index is 0.0302. The van der Waals surface area contributed by atoms with E-state index in [4.69, 9.17) is 19.9 Å². The molecule has 0 saturated carbocycles. The van der Waals surface area contributed by atoms with Crippen molar-refractivity contribution in [3.63, 3.8) is 0 Å². The van der Waals surface area contributed by atoms with Gasteiger partial charge in [-0.3, -0.25) is 4.79 Å². The van der Waals surface area contributed by atoms with Crippen molar-refractivity contribution in [2.75, 3.05) is 25.6 Å². The fourth-order valence-corrected chi connectivity index (χ4v) is 2.30. The molecule has 0 radical (unpaired) electrons. The van der Waals surface area contributed by atoms with E-state index in [0.29, 0.717) is 36.8 Å². The summed E-state index contributed by atoms with van der Waals surface area (Å²) >= 11 is 0. The monoisotopic (exact) mass is 294 g/mol. The normalized spacial score (nSPS) is 21.1. The Morgan fingerprint density at radius 2 is 2.29 bits per heavy atom. The third-order valence-electron chi connectivity index (χ3n) is 3.41. The minimum Gasteiger partial charge on any atom is -0.497 e. The number of carbonyl (C=O) groups is 1. The van der Waals surface area contributed by atoms with Crippen LogP contribution in [0.15, 0.2) is 18.2 Å². The molecule has 2 rings (SSSR count). The van der Waals surface area contributed by atoms with Crippen LogP contribution in [0.5, 0.6) is 11.5 Å². The number of methoxy groups -OCH3 is 1. The maximum Gasteiger partial charge on any atom is 0.253 e. The molecule has 6 heteroatoms. The highest BCUT2D eigenvalue weighted by Crippen LogP contribution is 2.30. The smallest absolute Gasteiger partial charge is 0.253 e. The lowest BCUT2D eigenvalue weighted by molar-refractivity contribution is -0.126. The van der Waals surface area contributed by atoms with Gasteiger partial charge < -0.3 is 25.3 Å². The van der Waals surface area contributed by atoms with E-state index in [2.05, 4.69) is 5.32 Å². The average Bonchev–Trinajstić information content (AvgIpc) is 2.98. The van der Waals surface area contributed by atoms with Crippen molar-refractivity contribution in [1.82, 2.24) is 0 Å². The number of carbonyl (C=O) groups excluding carboxylic acids is 1. The Balaban J connectivity index is 2.08. The van der Waals surface area contributed by atoms with E-state index in [9.17, 15) is 4.79 Å². The molecule has 116 valence electrons. The lowest BCUT2D eigenvalue weighted by atomic mass is 10.2. The van der Waals surface area contributed by atoms with E-state index in [0.717, 1.165) is 6.42 Å². The molecule has 6 nitrogen and oxygen atoms in total. The van der Waals surface area contributed by atoms with Gasteiger partial charge in [-0.2, -0.15) is 0 Å². The van der Waals surface area contributed by atoms with Crippen LogP contribution in [-0.4, -0.2) is 38.4 Å². The summed E-state index contributed by atoms with van der Waals surface area (Å²) in [4.78, 5) is 12.3. The van der Waals surface area contributed by atoms with Gasteiger partial charge in [0.05, 0.1) is 25.5 Å². The summed E-state index contributed by atoms with van der Waals surface area (Å²) in [5, 5.41) is 2.85. The summed E-state index contributed by atoms with van der Waals surface area (Å²) in [7, 11) is 1.58. The zero-order valence-electron chi connectivity index (χ0n) is 12.4. The first-order valence-corrected chi connectivity index (χ1v) is 7.15. The Morgan fingerprint density at radius 1 is 1.48 bits per heavy atom. The molecule has 1 aliphatic rings. The van der Waals surface area contributed by atoms with Crippen LogP contribution in [0.25, 0.3) is 0 Å². The maximum absolute atomic E-state index is 12.3. The molecule has 0 bridgehead atoms. The minimum atomic E-state index is -0.459. The number of amides is 1. The molecule has 1 amide bonds. The average molecular weight is 294 g/mol. The van der Waals surface area contributed by atoms with E-state index in [-0.39, 0.29) is 12.0 Å². The van der Waals surface area contributed by atoms with Gasteiger partial charge in [-0.05, 0) is 31.9 Å². The molecule has 3 N–H and O–H groups in total. The van der Waals surface area contributed by atoms with E-state index in [1.807, 2.05) is 6.92 Å². The highest BCUT2D eigenvalue weighted by molar-refractivity contribution is 5.95. The van der Waals surface area contributed by atoms with Crippen molar-refractivity contribution in [3.8, 4) is 11.5 Å². The van der Waals surface area contributed by atoms with Crippen LogP contribution in [0.1, 0.15) is 19.8 Å². The van der Waals surface area contributed by atoms with E-state index >= 15 is 0 Å². The molecule has 1 aromatic carbocycles. The molecule has 1 aliphatic heterocycles. The number of ether oxygens (including phenoxy) is 3. The van der Waals surface area contributed by atoms with Crippen molar-refractivity contribution in [1.29, 1.82) is 0 Å². The van der Waals surface area contributed by atoms with Gasteiger partial charge in [-0.15, -0.1) is 0 Å². The fraction of sp³-hybridized carbons (Fsp3) is 0.533. The highest BCUT2D eigenvalue weighted by atomic mass is 16.5. The number of rotatable bonds is 6. The molecule has 1 aromatic rings. The third-order valence-corrected chi connectivity index (χ3v) is 3.41. The van der Waals surface area contributed by atoms with Gasteiger partial charge in [-0.1, -0.05) is 0 Å². The van der Waals surface area contributed by atoms with Gasteiger partial charge >= 0.3 is 0 Å². The molecule has 21 heavy (non-hydrogen) atoms. The van der Waals surface area contributed by atoms with Crippen LogP contribution in [0.3, 0.4) is 0 Å². The number of benzene rings is 1. The van der Waals surface area contributed by atoms with Crippen LogP contribution < -0.4 is 20.5 Å². The topological polar surface area (TPSA) is 82.8 Å². The second-order valence-corrected chi connectivity index (χ2v) is 4.84. The van der Waals surface area contributed by atoms with E-state index < -0.39 is 6.10 Å². The van der Waals surface area contributed by atoms with Crippen LogP contribution in [0.4, 0.5) is 5.69 Å². The first-order valence-electron chi connectivity index (χ1n) is 7.15. The predicted molar refractivity (Wildman–Crippen MR) is 79.7 cm³/mol. The molecule has 1 heterocycles. The van der Waals surface area contributed by atoms with Crippen LogP contribution in [-0.2, 0) is 9.53 Å². The summed E-state index contributed by atoms with van der Waals surface area (Å²) in [5.41, 5.74) is 6.14. The van der Waals surface area contributed by atoms with Crippen molar-refractivity contribution in [2.45, 2.75) is 32.0 Å². The fourth-order valence-electron chi connectivity index (χ4n) is 2.30. The van der Waals surface area contributed by atoms with E-state index in [1.54, 1.807) is 25.3 Å². The summed E-state index contributed by atoms with van der Waals surface area (Å²) in [6, 6.07) is 5.30. The quantitative estimate of drug-likeness (QED) is 0.831. The van der Waals surface area contributed by atoms with Gasteiger partial charge in [0.2, 0.25) is 0 Å². The van der Waals surface area contributed by atoms with Gasteiger partial charge in [-0.25, -0.2) is 0 Å². The third kappa shape index (κ3) is 3.86. The standard InChI is InChI=1S/C15H22N2O4/c1-3-20-13-6-4-10(19-2)8-12(13)17-15(18)14-7-5-11(9-16)21-14/h4,6,8,11,14H,3,5,7,9,16H2,1-2H3,(H,17,18)/t11-,14+/m1/s1. The molecular formula is C15H22N2O4. The van der Waals surface area contributed by atoms with Crippen molar-refractivity contribution in [2.24, 2.45) is 5.73 Å². The summed E-state index contributed by atoms with van der Waals surface area (Å²) < 4.78 is 16.3. The molecule has 0 spiro atoms. The molecule has 1 fully saturated rings. The molecule has 1 saturated heterocycles.